The number of esters is 2. The van der Waals surface area contributed by atoms with E-state index in [1.807, 2.05) is 25.1 Å². The van der Waals surface area contributed by atoms with Crippen LogP contribution >= 0.6 is 0 Å². The van der Waals surface area contributed by atoms with Crippen LogP contribution in [0.4, 0.5) is 8.78 Å². The number of allylic oxidation sites excluding steroid dienone is 1. The number of hydrogen-bond acceptors (Lipinski definition) is 4. The number of carbonyl (C=O) groups excluding carboxylic acids is 2. The SMILES string of the molecule is C=C(C)C(=O)Oc1ccc(-c2ccc(-c3ccc(OC(=O)C(=C)C)c(F)c3)c(/C=C/C)c2)cc1F. The molecule has 0 heterocycles. The minimum absolute atomic E-state index is 0.165. The molecule has 0 saturated carbocycles. The molecule has 0 saturated heterocycles. The highest BCUT2D eigenvalue weighted by Gasteiger charge is 2.15. The molecular weight excluding hydrogens is 450 g/mol. The lowest BCUT2D eigenvalue weighted by Crippen LogP contribution is -2.09. The fourth-order valence-electron chi connectivity index (χ4n) is 3.21. The summed E-state index contributed by atoms with van der Waals surface area (Å²) in [7, 11) is 0. The first-order valence-corrected chi connectivity index (χ1v) is 10.7. The summed E-state index contributed by atoms with van der Waals surface area (Å²) in [4.78, 5) is 23.4. The van der Waals surface area contributed by atoms with Gasteiger partial charge in [0, 0.05) is 11.1 Å². The Morgan fingerprint density at radius 1 is 0.743 bits per heavy atom. The Balaban J connectivity index is 1.95. The van der Waals surface area contributed by atoms with Gasteiger partial charge in [-0.1, -0.05) is 49.6 Å². The molecule has 0 bridgehead atoms. The van der Waals surface area contributed by atoms with Crippen LogP contribution in [0.1, 0.15) is 26.3 Å². The van der Waals surface area contributed by atoms with Crippen molar-refractivity contribution in [1.82, 2.24) is 0 Å². The molecule has 0 aromatic heterocycles. The fourth-order valence-corrected chi connectivity index (χ4v) is 3.21. The smallest absolute Gasteiger partial charge is 0.338 e. The van der Waals surface area contributed by atoms with Crippen molar-refractivity contribution in [3.8, 4) is 33.8 Å². The number of halogens is 2. The van der Waals surface area contributed by atoms with E-state index in [0.717, 1.165) is 11.1 Å². The van der Waals surface area contributed by atoms with Crippen LogP contribution in [0.15, 0.2) is 85.0 Å². The Bertz CT molecular complexity index is 1370. The number of hydrogen-bond donors (Lipinski definition) is 0. The summed E-state index contributed by atoms with van der Waals surface area (Å²) in [6.07, 6.45) is 3.69. The van der Waals surface area contributed by atoms with Gasteiger partial charge >= 0.3 is 11.9 Å². The van der Waals surface area contributed by atoms with Gasteiger partial charge in [-0.25, -0.2) is 18.4 Å². The predicted octanol–water partition coefficient (Wildman–Crippen LogP) is 7.29. The molecule has 3 aromatic rings. The summed E-state index contributed by atoms with van der Waals surface area (Å²) >= 11 is 0. The van der Waals surface area contributed by atoms with Crippen molar-refractivity contribution in [2.24, 2.45) is 0 Å². The molecule has 0 fully saturated rings. The minimum atomic E-state index is -0.705. The van der Waals surface area contributed by atoms with Crippen molar-refractivity contribution in [3.63, 3.8) is 0 Å². The van der Waals surface area contributed by atoms with Crippen LogP contribution in [0.25, 0.3) is 28.3 Å². The predicted molar refractivity (Wildman–Crippen MR) is 133 cm³/mol. The van der Waals surface area contributed by atoms with Gasteiger partial charge in [-0.15, -0.1) is 0 Å². The van der Waals surface area contributed by atoms with Crippen molar-refractivity contribution in [2.45, 2.75) is 20.8 Å². The van der Waals surface area contributed by atoms with E-state index in [1.54, 1.807) is 24.3 Å². The van der Waals surface area contributed by atoms with E-state index in [1.165, 1.54) is 38.1 Å². The van der Waals surface area contributed by atoms with Crippen molar-refractivity contribution >= 4 is 18.0 Å². The van der Waals surface area contributed by atoms with E-state index in [2.05, 4.69) is 13.2 Å². The molecule has 0 radical (unpaired) electrons. The maximum Gasteiger partial charge on any atom is 0.338 e. The molecule has 0 amide bonds. The first-order valence-electron chi connectivity index (χ1n) is 10.7. The molecule has 0 aliphatic heterocycles. The Morgan fingerprint density at radius 3 is 1.69 bits per heavy atom. The fraction of sp³-hybridized carbons (Fsp3) is 0.103. The van der Waals surface area contributed by atoms with Gasteiger partial charge in [0.2, 0.25) is 0 Å². The highest BCUT2D eigenvalue weighted by atomic mass is 19.1. The molecule has 3 rings (SSSR count). The van der Waals surface area contributed by atoms with Crippen molar-refractivity contribution in [1.29, 1.82) is 0 Å². The van der Waals surface area contributed by atoms with Crippen LogP contribution in [0, 0.1) is 11.6 Å². The highest BCUT2D eigenvalue weighted by molar-refractivity contribution is 5.89. The number of carbonyl (C=O) groups is 2. The number of benzene rings is 3. The first-order chi connectivity index (χ1) is 16.6. The van der Waals surface area contributed by atoms with Gasteiger partial charge in [0.15, 0.2) is 23.1 Å². The second-order valence-electron chi connectivity index (χ2n) is 7.93. The Morgan fingerprint density at radius 2 is 1.20 bits per heavy atom. The van der Waals surface area contributed by atoms with Gasteiger partial charge < -0.3 is 9.47 Å². The lowest BCUT2D eigenvalue weighted by atomic mass is 9.94. The van der Waals surface area contributed by atoms with E-state index in [0.29, 0.717) is 16.7 Å². The van der Waals surface area contributed by atoms with Crippen LogP contribution in [0.5, 0.6) is 11.5 Å². The normalized spacial score (nSPS) is 10.8. The van der Waals surface area contributed by atoms with Crippen molar-refractivity contribution in [2.75, 3.05) is 0 Å². The Hall–Kier alpha value is -4.32. The van der Waals surface area contributed by atoms with Gasteiger partial charge in [-0.3, -0.25) is 0 Å². The average molecular weight is 475 g/mol. The van der Waals surface area contributed by atoms with Gasteiger partial charge in [0.25, 0.3) is 0 Å². The molecule has 0 aliphatic carbocycles. The van der Waals surface area contributed by atoms with Gasteiger partial charge in [-0.05, 0) is 78.9 Å². The second kappa shape index (κ2) is 10.7. The zero-order valence-electron chi connectivity index (χ0n) is 19.7. The molecule has 4 nitrogen and oxygen atoms in total. The maximum absolute atomic E-state index is 14.6. The highest BCUT2D eigenvalue weighted by Crippen LogP contribution is 2.33. The molecule has 3 aromatic carbocycles. The summed E-state index contributed by atoms with van der Waals surface area (Å²) in [6, 6.07) is 14.0. The Labute approximate surface area is 202 Å². The Kier molecular flexibility index (Phi) is 7.76. The minimum Gasteiger partial charge on any atom is -0.420 e. The van der Waals surface area contributed by atoms with Crippen LogP contribution in [-0.2, 0) is 9.59 Å². The van der Waals surface area contributed by atoms with Crippen molar-refractivity contribution in [3.05, 3.63) is 102 Å². The molecule has 178 valence electrons. The molecule has 0 N–H and O–H groups in total. The molecule has 35 heavy (non-hydrogen) atoms. The molecule has 0 atom stereocenters. The summed E-state index contributed by atoms with van der Waals surface area (Å²) < 4.78 is 39.2. The van der Waals surface area contributed by atoms with E-state index in [9.17, 15) is 18.4 Å². The standard InChI is InChI=1S/C29H24F2O4/c1-6-7-21-14-19(20-9-12-26(24(30)15-20)34-28(32)17(2)3)8-11-23(21)22-10-13-27(25(31)16-22)35-29(33)18(4)5/h6-16H,2,4H2,1,3,5H3/b7-6+. The third kappa shape index (κ3) is 5.98. The summed E-state index contributed by atoms with van der Waals surface area (Å²) in [5.41, 5.74) is 3.70. The third-order valence-electron chi connectivity index (χ3n) is 5.01. The zero-order valence-corrected chi connectivity index (χ0v) is 19.7. The number of ether oxygens (including phenoxy) is 2. The van der Waals surface area contributed by atoms with Crippen LogP contribution in [-0.4, -0.2) is 11.9 Å². The van der Waals surface area contributed by atoms with E-state index >= 15 is 0 Å². The largest absolute Gasteiger partial charge is 0.420 e. The molecule has 0 aliphatic rings. The van der Waals surface area contributed by atoms with E-state index in [-0.39, 0.29) is 22.6 Å². The van der Waals surface area contributed by atoms with Crippen molar-refractivity contribution < 1.29 is 27.8 Å². The maximum atomic E-state index is 14.6. The molecule has 6 heteroatoms. The van der Waals surface area contributed by atoms with Gasteiger partial charge in [0.05, 0.1) is 0 Å². The average Bonchev–Trinajstić information content (AvgIpc) is 2.81. The molecule has 0 unspecified atom stereocenters. The zero-order chi connectivity index (χ0) is 25.7. The lowest BCUT2D eigenvalue weighted by molar-refractivity contribution is -0.131. The monoisotopic (exact) mass is 474 g/mol. The second-order valence-corrected chi connectivity index (χ2v) is 7.93. The van der Waals surface area contributed by atoms with E-state index in [4.69, 9.17) is 9.47 Å². The topological polar surface area (TPSA) is 52.6 Å². The molecule has 0 spiro atoms. The van der Waals surface area contributed by atoms with Gasteiger partial charge in [-0.2, -0.15) is 0 Å². The summed E-state index contributed by atoms with van der Waals surface area (Å²) in [5, 5.41) is 0. The number of rotatable bonds is 7. The lowest BCUT2D eigenvalue weighted by Gasteiger charge is -2.12. The van der Waals surface area contributed by atoms with Crippen LogP contribution in [0.3, 0.4) is 0 Å². The molecular formula is C29H24F2O4. The van der Waals surface area contributed by atoms with Crippen LogP contribution < -0.4 is 9.47 Å². The summed E-state index contributed by atoms with van der Waals surface area (Å²) in [5.74, 6) is -3.15. The first kappa shape index (κ1) is 25.3. The van der Waals surface area contributed by atoms with Crippen LogP contribution in [0.2, 0.25) is 0 Å². The summed E-state index contributed by atoms with van der Waals surface area (Å²) in [6.45, 7) is 11.8. The van der Waals surface area contributed by atoms with E-state index < -0.39 is 23.6 Å². The third-order valence-corrected chi connectivity index (χ3v) is 5.01. The van der Waals surface area contributed by atoms with Gasteiger partial charge in [0.1, 0.15) is 0 Å². The quantitative estimate of drug-likeness (QED) is 0.205.